The third kappa shape index (κ3) is 7.64. The summed E-state index contributed by atoms with van der Waals surface area (Å²) in [5.41, 5.74) is 11.6. The van der Waals surface area contributed by atoms with Crippen molar-refractivity contribution in [3.8, 4) is 102 Å². The number of aryl methyl sites for hydroxylation is 2. The van der Waals surface area contributed by atoms with Gasteiger partial charge in [-0.1, -0.05) is 188 Å². The molecule has 0 amide bonds. The largest absolute Gasteiger partial charge is 0.233 e. The van der Waals surface area contributed by atoms with Crippen LogP contribution in [-0.4, -0.2) is 39.9 Å². The van der Waals surface area contributed by atoms with Crippen LogP contribution in [0.3, 0.4) is 0 Å². The second kappa shape index (κ2) is 16.7. The van der Waals surface area contributed by atoms with Gasteiger partial charge in [-0.25, -0.2) is 39.9 Å². The molecule has 10 rings (SSSR count). The molecule has 10 aromatic rings. The molecule has 0 aliphatic carbocycles. The lowest BCUT2D eigenvalue weighted by atomic mass is 9.86. The number of nitrogens with zero attached hydrogens (tertiary/aromatic N) is 8. The Labute approximate surface area is 359 Å². The summed E-state index contributed by atoms with van der Waals surface area (Å²) in [6, 6.07) is 65.0. The molecular weight excluding hydrogens is 761 g/mol. The van der Waals surface area contributed by atoms with Crippen LogP contribution in [0.1, 0.15) is 11.4 Å². The molecule has 7 aromatic carbocycles. The molecule has 0 saturated carbocycles. The lowest BCUT2D eigenvalue weighted by Gasteiger charge is -2.20. The standard InChI is InChI=1S/C54H38N8/c1-35-34-36(2)56-54(55-35)46-33-19-32-42(41-28-15-17-30-44(41)52-59-48(37-20-7-3-8-21-37)57-49(60-52)38-22-9-4-10-23-38)47(46)43-29-16-18-31-45(43)53-61-50(39-24-11-5-12-25-39)58-51(62-53)40-26-13-6-14-27-40/h3-34H,1-2H3. The first-order chi connectivity index (χ1) is 30.6. The highest BCUT2D eigenvalue weighted by molar-refractivity contribution is 6.00. The topological polar surface area (TPSA) is 103 Å². The predicted molar refractivity (Wildman–Crippen MR) is 247 cm³/mol. The third-order valence-electron chi connectivity index (χ3n) is 10.6. The monoisotopic (exact) mass is 798 g/mol. The molecule has 0 unspecified atom stereocenters. The number of benzene rings is 7. The van der Waals surface area contributed by atoms with Crippen LogP contribution in [0.25, 0.3) is 102 Å². The van der Waals surface area contributed by atoms with Crippen molar-refractivity contribution in [1.29, 1.82) is 0 Å². The summed E-state index contributed by atoms with van der Waals surface area (Å²) in [6.45, 7) is 4.00. The third-order valence-corrected chi connectivity index (χ3v) is 10.6. The molecule has 3 aromatic heterocycles. The van der Waals surface area contributed by atoms with Gasteiger partial charge in [0.1, 0.15) is 0 Å². The molecule has 0 saturated heterocycles. The zero-order valence-corrected chi connectivity index (χ0v) is 34.1. The summed E-state index contributed by atoms with van der Waals surface area (Å²) in [5.74, 6) is 4.06. The molecule has 8 heteroatoms. The minimum Gasteiger partial charge on any atom is -0.233 e. The van der Waals surface area contributed by atoms with Crippen LogP contribution in [0, 0.1) is 13.8 Å². The Morgan fingerprint density at radius 3 is 0.935 bits per heavy atom. The van der Waals surface area contributed by atoms with Gasteiger partial charge in [0, 0.05) is 55.9 Å². The molecule has 0 radical (unpaired) electrons. The van der Waals surface area contributed by atoms with E-state index in [1.165, 1.54) is 0 Å². The molecule has 0 bridgehead atoms. The Bertz CT molecular complexity index is 3060. The van der Waals surface area contributed by atoms with Gasteiger partial charge in [0.15, 0.2) is 40.8 Å². The van der Waals surface area contributed by atoms with Gasteiger partial charge >= 0.3 is 0 Å². The van der Waals surface area contributed by atoms with Gasteiger partial charge in [-0.2, -0.15) is 0 Å². The van der Waals surface area contributed by atoms with E-state index in [0.717, 1.165) is 72.6 Å². The van der Waals surface area contributed by atoms with E-state index in [1.54, 1.807) is 0 Å². The van der Waals surface area contributed by atoms with E-state index in [9.17, 15) is 0 Å². The zero-order valence-electron chi connectivity index (χ0n) is 34.1. The maximum atomic E-state index is 5.18. The van der Waals surface area contributed by atoms with Gasteiger partial charge in [0.05, 0.1) is 0 Å². The van der Waals surface area contributed by atoms with Crippen LogP contribution >= 0.6 is 0 Å². The van der Waals surface area contributed by atoms with Gasteiger partial charge in [-0.3, -0.25) is 0 Å². The number of hydrogen-bond acceptors (Lipinski definition) is 8. The van der Waals surface area contributed by atoms with E-state index in [4.69, 9.17) is 39.9 Å². The average Bonchev–Trinajstić information content (AvgIpc) is 3.34. The van der Waals surface area contributed by atoms with Crippen LogP contribution in [0.5, 0.6) is 0 Å². The van der Waals surface area contributed by atoms with Crippen molar-refractivity contribution in [2.75, 3.05) is 0 Å². The van der Waals surface area contributed by atoms with Crippen molar-refractivity contribution in [2.24, 2.45) is 0 Å². The second-order valence-electron chi connectivity index (χ2n) is 14.9. The molecule has 0 N–H and O–H groups in total. The van der Waals surface area contributed by atoms with Crippen LogP contribution in [0.15, 0.2) is 194 Å². The van der Waals surface area contributed by atoms with Crippen LogP contribution < -0.4 is 0 Å². The summed E-state index contributed by atoms with van der Waals surface area (Å²) < 4.78 is 0. The quantitative estimate of drug-likeness (QED) is 0.142. The molecule has 8 nitrogen and oxygen atoms in total. The second-order valence-corrected chi connectivity index (χ2v) is 14.9. The highest BCUT2D eigenvalue weighted by Crippen LogP contribution is 2.45. The van der Waals surface area contributed by atoms with E-state index in [-0.39, 0.29) is 0 Å². The lowest BCUT2D eigenvalue weighted by Crippen LogP contribution is -2.03. The Kier molecular flexibility index (Phi) is 10.2. The SMILES string of the molecule is Cc1cc(C)nc(-c2cccc(-c3ccccc3-c3nc(-c4ccccc4)nc(-c4ccccc4)n3)c2-c2ccccc2-c2nc(-c3ccccc3)nc(-c3ccccc3)n2)n1. The highest BCUT2D eigenvalue weighted by Gasteiger charge is 2.24. The summed E-state index contributed by atoms with van der Waals surface area (Å²) in [4.78, 5) is 40.7. The normalized spacial score (nSPS) is 11.1. The molecule has 294 valence electrons. The summed E-state index contributed by atoms with van der Waals surface area (Å²) in [6.07, 6.45) is 0. The molecule has 0 aliphatic heterocycles. The zero-order chi connectivity index (χ0) is 41.8. The van der Waals surface area contributed by atoms with Crippen molar-refractivity contribution in [3.63, 3.8) is 0 Å². The molecule has 3 heterocycles. The van der Waals surface area contributed by atoms with Crippen LogP contribution in [-0.2, 0) is 0 Å². The fraction of sp³-hybridized carbons (Fsp3) is 0.0370. The molecule has 0 spiro atoms. The molecule has 62 heavy (non-hydrogen) atoms. The van der Waals surface area contributed by atoms with Crippen molar-refractivity contribution < 1.29 is 0 Å². The summed E-state index contributed by atoms with van der Waals surface area (Å²) in [7, 11) is 0. The van der Waals surface area contributed by atoms with Crippen molar-refractivity contribution in [3.05, 3.63) is 206 Å². The van der Waals surface area contributed by atoms with E-state index in [1.807, 2.05) is 153 Å². The lowest BCUT2D eigenvalue weighted by molar-refractivity contribution is 1.06. The van der Waals surface area contributed by atoms with Crippen LogP contribution in [0.2, 0.25) is 0 Å². The van der Waals surface area contributed by atoms with Gasteiger partial charge in [-0.05, 0) is 36.6 Å². The Balaban J connectivity index is 1.24. The maximum absolute atomic E-state index is 5.18. The first kappa shape index (κ1) is 37.9. The Morgan fingerprint density at radius 2 is 0.516 bits per heavy atom. The van der Waals surface area contributed by atoms with Gasteiger partial charge in [0.2, 0.25) is 0 Å². The molecule has 0 aliphatic rings. The average molecular weight is 799 g/mol. The Hall–Kier alpha value is -8.36. The molecule has 0 atom stereocenters. The minimum absolute atomic E-state index is 0.543. The van der Waals surface area contributed by atoms with Crippen molar-refractivity contribution in [1.82, 2.24) is 39.9 Å². The predicted octanol–water partition coefficient (Wildman–Crippen LogP) is 12.5. The van der Waals surface area contributed by atoms with E-state index in [2.05, 4.69) is 54.6 Å². The van der Waals surface area contributed by atoms with Crippen molar-refractivity contribution >= 4 is 0 Å². The van der Waals surface area contributed by atoms with E-state index < -0.39 is 0 Å². The Morgan fingerprint density at radius 1 is 0.226 bits per heavy atom. The molecular formula is C54H38N8. The fourth-order valence-corrected chi connectivity index (χ4v) is 7.77. The number of rotatable bonds is 9. The smallest absolute Gasteiger partial charge is 0.164 e. The summed E-state index contributed by atoms with van der Waals surface area (Å²) in [5, 5.41) is 0. The van der Waals surface area contributed by atoms with Gasteiger partial charge < -0.3 is 0 Å². The molecule has 0 fully saturated rings. The van der Waals surface area contributed by atoms with Gasteiger partial charge in [0.25, 0.3) is 0 Å². The maximum Gasteiger partial charge on any atom is 0.164 e. The van der Waals surface area contributed by atoms with Gasteiger partial charge in [-0.15, -0.1) is 0 Å². The highest BCUT2D eigenvalue weighted by atomic mass is 15.0. The first-order valence-electron chi connectivity index (χ1n) is 20.4. The van der Waals surface area contributed by atoms with Crippen LogP contribution in [0.4, 0.5) is 0 Å². The first-order valence-corrected chi connectivity index (χ1v) is 20.4. The fourth-order valence-electron chi connectivity index (χ4n) is 7.77. The van der Waals surface area contributed by atoms with E-state index in [0.29, 0.717) is 40.8 Å². The number of hydrogen-bond donors (Lipinski definition) is 0. The minimum atomic E-state index is 0.543. The van der Waals surface area contributed by atoms with E-state index >= 15 is 0 Å². The van der Waals surface area contributed by atoms with Crippen molar-refractivity contribution in [2.45, 2.75) is 13.8 Å². The summed E-state index contributed by atoms with van der Waals surface area (Å²) >= 11 is 0. The number of aromatic nitrogens is 8.